The second kappa shape index (κ2) is 9.92. The van der Waals surface area contributed by atoms with Crippen molar-refractivity contribution in [2.75, 3.05) is 6.61 Å². The topological polar surface area (TPSA) is 44.1 Å². The van der Waals surface area contributed by atoms with E-state index in [1.165, 1.54) is 38.5 Å². The SMILES string of the molecule is CCCCCCOc1ccccc1-c1nc2ccccc2c(=O)n1C1CCCCC1. The Morgan fingerprint density at radius 1 is 0.967 bits per heavy atom. The van der Waals surface area contributed by atoms with Crippen molar-refractivity contribution in [1.82, 2.24) is 9.55 Å². The Morgan fingerprint density at radius 3 is 2.57 bits per heavy atom. The van der Waals surface area contributed by atoms with Gasteiger partial charge in [0, 0.05) is 6.04 Å². The fourth-order valence-electron chi connectivity index (χ4n) is 4.50. The van der Waals surface area contributed by atoms with Gasteiger partial charge < -0.3 is 4.74 Å². The molecule has 4 heteroatoms. The van der Waals surface area contributed by atoms with E-state index in [2.05, 4.69) is 6.92 Å². The minimum atomic E-state index is 0.0697. The largest absolute Gasteiger partial charge is 0.493 e. The zero-order valence-electron chi connectivity index (χ0n) is 18.0. The van der Waals surface area contributed by atoms with E-state index >= 15 is 0 Å². The highest BCUT2D eigenvalue weighted by molar-refractivity contribution is 5.80. The molecule has 0 atom stereocenters. The third-order valence-corrected chi connectivity index (χ3v) is 6.13. The van der Waals surface area contributed by atoms with Crippen molar-refractivity contribution in [3.05, 3.63) is 58.9 Å². The maximum Gasteiger partial charge on any atom is 0.261 e. The van der Waals surface area contributed by atoms with Crippen LogP contribution < -0.4 is 10.3 Å². The number of benzene rings is 2. The van der Waals surface area contributed by atoms with E-state index in [-0.39, 0.29) is 11.6 Å². The highest BCUT2D eigenvalue weighted by Crippen LogP contribution is 2.34. The van der Waals surface area contributed by atoms with Crippen molar-refractivity contribution in [2.24, 2.45) is 0 Å². The predicted octanol–water partition coefficient (Wildman–Crippen LogP) is 6.53. The average molecular weight is 405 g/mol. The molecule has 0 amide bonds. The van der Waals surface area contributed by atoms with Crippen LogP contribution in [-0.2, 0) is 0 Å². The number of rotatable bonds is 8. The van der Waals surface area contributed by atoms with Gasteiger partial charge in [0.05, 0.1) is 23.1 Å². The van der Waals surface area contributed by atoms with Gasteiger partial charge in [-0.25, -0.2) is 4.98 Å². The fourth-order valence-corrected chi connectivity index (χ4v) is 4.50. The van der Waals surface area contributed by atoms with Crippen LogP contribution in [0.3, 0.4) is 0 Å². The molecule has 4 rings (SSSR count). The van der Waals surface area contributed by atoms with Gasteiger partial charge in [0.15, 0.2) is 0 Å². The van der Waals surface area contributed by atoms with Gasteiger partial charge >= 0.3 is 0 Å². The molecule has 0 radical (unpaired) electrons. The summed E-state index contributed by atoms with van der Waals surface area (Å²) in [6.07, 6.45) is 10.3. The summed E-state index contributed by atoms with van der Waals surface area (Å²) in [7, 11) is 0. The minimum Gasteiger partial charge on any atom is -0.493 e. The maximum atomic E-state index is 13.5. The molecule has 3 aromatic rings. The molecule has 1 aliphatic rings. The van der Waals surface area contributed by atoms with E-state index < -0.39 is 0 Å². The van der Waals surface area contributed by atoms with Crippen LogP contribution in [-0.4, -0.2) is 16.2 Å². The minimum absolute atomic E-state index is 0.0697. The summed E-state index contributed by atoms with van der Waals surface area (Å²) in [5.74, 6) is 1.57. The summed E-state index contributed by atoms with van der Waals surface area (Å²) < 4.78 is 8.14. The van der Waals surface area contributed by atoms with Crippen molar-refractivity contribution in [3.8, 4) is 17.1 Å². The van der Waals surface area contributed by atoms with E-state index in [0.717, 1.165) is 41.9 Å². The Labute approximate surface area is 178 Å². The smallest absolute Gasteiger partial charge is 0.261 e. The van der Waals surface area contributed by atoms with E-state index in [4.69, 9.17) is 9.72 Å². The lowest BCUT2D eigenvalue weighted by atomic mass is 9.94. The van der Waals surface area contributed by atoms with Gasteiger partial charge in [-0.3, -0.25) is 9.36 Å². The molecule has 1 fully saturated rings. The number of hydrogen-bond donors (Lipinski definition) is 0. The van der Waals surface area contributed by atoms with E-state index in [1.54, 1.807) is 0 Å². The summed E-state index contributed by atoms with van der Waals surface area (Å²) >= 11 is 0. The monoisotopic (exact) mass is 404 g/mol. The van der Waals surface area contributed by atoms with Crippen LogP contribution in [0.1, 0.15) is 70.8 Å². The van der Waals surface area contributed by atoms with Gasteiger partial charge in [-0.1, -0.05) is 69.7 Å². The summed E-state index contributed by atoms with van der Waals surface area (Å²) in [4.78, 5) is 18.5. The quantitative estimate of drug-likeness (QED) is 0.401. The van der Waals surface area contributed by atoms with Gasteiger partial charge in [0.2, 0.25) is 0 Å². The number of ether oxygens (including phenoxy) is 1. The first kappa shape index (κ1) is 20.6. The van der Waals surface area contributed by atoms with Crippen LogP contribution in [0, 0.1) is 0 Å². The summed E-state index contributed by atoms with van der Waals surface area (Å²) in [5.41, 5.74) is 1.74. The molecule has 0 aliphatic heterocycles. The van der Waals surface area contributed by atoms with Crippen LogP contribution in [0.25, 0.3) is 22.3 Å². The molecule has 1 aromatic heterocycles. The van der Waals surface area contributed by atoms with E-state index in [0.29, 0.717) is 12.0 Å². The Bertz CT molecular complexity index is 1030. The van der Waals surface area contributed by atoms with E-state index in [9.17, 15) is 4.79 Å². The number of hydrogen-bond acceptors (Lipinski definition) is 3. The van der Waals surface area contributed by atoms with Gasteiger partial charge in [-0.15, -0.1) is 0 Å². The first-order valence-electron chi connectivity index (χ1n) is 11.5. The zero-order chi connectivity index (χ0) is 20.8. The third-order valence-electron chi connectivity index (χ3n) is 6.13. The number of aromatic nitrogens is 2. The number of para-hydroxylation sites is 2. The van der Waals surface area contributed by atoms with Crippen LogP contribution in [0.5, 0.6) is 5.75 Å². The second-order valence-electron chi connectivity index (χ2n) is 8.32. The number of fused-ring (bicyclic) bond motifs is 1. The van der Waals surface area contributed by atoms with Crippen LogP contribution in [0.2, 0.25) is 0 Å². The molecule has 0 spiro atoms. The second-order valence-corrected chi connectivity index (χ2v) is 8.32. The van der Waals surface area contributed by atoms with Gasteiger partial charge in [-0.05, 0) is 43.5 Å². The first-order valence-corrected chi connectivity index (χ1v) is 11.5. The summed E-state index contributed by atoms with van der Waals surface area (Å²) in [6.45, 7) is 2.91. The number of unbranched alkanes of at least 4 members (excludes halogenated alkanes) is 3. The lowest BCUT2D eigenvalue weighted by Crippen LogP contribution is -2.29. The van der Waals surface area contributed by atoms with Crippen molar-refractivity contribution < 1.29 is 4.74 Å². The number of nitrogens with zero attached hydrogens (tertiary/aromatic N) is 2. The Balaban J connectivity index is 1.77. The molecule has 0 bridgehead atoms. The molecule has 1 aliphatic carbocycles. The van der Waals surface area contributed by atoms with Crippen molar-refractivity contribution in [1.29, 1.82) is 0 Å². The molecule has 1 heterocycles. The Kier molecular flexibility index (Phi) is 6.83. The van der Waals surface area contributed by atoms with Gasteiger partial charge in [0.25, 0.3) is 5.56 Å². The fraction of sp³-hybridized carbons (Fsp3) is 0.462. The van der Waals surface area contributed by atoms with Crippen LogP contribution in [0.15, 0.2) is 53.3 Å². The standard InChI is InChI=1S/C26H32N2O2/c1-2-3-4-12-19-30-24-18-11-9-16-22(24)25-27-23-17-10-8-15-21(23)26(29)28(25)20-13-6-5-7-14-20/h8-11,15-18,20H,2-7,12-14,19H2,1H3. The molecular formula is C26H32N2O2. The highest BCUT2D eigenvalue weighted by atomic mass is 16.5. The molecule has 0 unspecified atom stereocenters. The van der Waals surface area contributed by atoms with Crippen LogP contribution in [0.4, 0.5) is 0 Å². The van der Waals surface area contributed by atoms with Crippen molar-refractivity contribution >= 4 is 10.9 Å². The molecule has 2 aromatic carbocycles. The van der Waals surface area contributed by atoms with Crippen LogP contribution >= 0.6 is 0 Å². The molecule has 0 N–H and O–H groups in total. The molecule has 4 nitrogen and oxygen atoms in total. The third kappa shape index (κ3) is 4.43. The highest BCUT2D eigenvalue weighted by Gasteiger charge is 2.23. The average Bonchev–Trinajstić information content (AvgIpc) is 2.80. The van der Waals surface area contributed by atoms with Gasteiger partial charge in [-0.2, -0.15) is 0 Å². The van der Waals surface area contributed by atoms with E-state index in [1.807, 2.05) is 53.1 Å². The molecule has 0 saturated heterocycles. The molecule has 158 valence electrons. The lowest BCUT2D eigenvalue weighted by molar-refractivity contribution is 0.305. The Morgan fingerprint density at radius 2 is 1.73 bits per heavy atom. The first-order chi connectivity index (χ1) is 14.8. The van der Waals surface area contributed by atoms with Crippen molar-refractivity contribution in [2.45, 2.75) is 70.8 Å². The van der Waals surface area contributed by atoms with Gasteiger partial charge in [0.1, 0.15) is 11.6 Å². The molecular weight excluding hydrogens is 372 g/mol. The molecule has 1 saturated carbocycles. The summed E-state index contributed by atoms with van der Waals surface area (Å²) in [6, 6.07) is 15.9. The normalized spacial score (nSPS) is 14.8. The Hall–Kier alpha value is -2.62. The van der Waals surface area contributed by atoms with Crippen molar-refractivity contribution in [3.63, 3.8) is 0 Å². The molecule has 30 heavy (non-hydrogen) atoms. The predicted molar refractivity (Wildman–Crippen MR) is 123 cm³/mol. The zero-order valence-corrected chi connectivity index (χ0v) is 18.0. The maximum absolute atomic E-state index is 13.5. The lowest BCUT2D eigenvalue weighted by Gasteiger charge is -2.27. The summed E-state index contributed by atoms with van der Waals surface area (Å²) in [5, 5.41) is 0.699.